The Labute approximate surface area is 192 Å². The number of rotatable bonds is 6. The maximum absolute atomic E-state index is 13.2. The van der Waals surface area contributed by atoms with Crippen molar-refractivity contribution in [2.24, 2.45) is 5.92 Å². The van der Waals surface area contributed by atoms with E-state index < -0.39 is 0 Å². The summed E-state index contributed by atoms with van der Waals surface area (Å²) in [4.78, 5) is 22.1. The van der Waals surface area contributed by atoms with Crippen molar-refractivity contribution in [1.82, 2.24) is 24.9 Å². The lowest BCUT2D eigenvalue weighted by atomic mass is 9.84. The molecule has 0 spiro atoms. The molecular weight excluding hydrogens is 418 g/mol. The first-order valence-corrected chi connectivity index (χ1v) is 11.5. The Morgan fingerprint density at radius 2 is 2.00 bits per heavy atom. The standard InChI is InChI=1S/C24H27N7O2/c1-2-15-3-5-17(6-4-15)30-24(32)20-10-26-21(7-22(20)29-18-13-33-14-18)19-11-28-31-12-16(8-25)9-27-23(19)31/h7,9-12,15,17-18H,2-6,13-14H2,1H3,(H,26,29)(H,30,32)/t15-,17-. The molecule has 0 aromatic carbocycles. The fourth-order valence-corrected chi connectivity index (χ4v) is 4.53. The molecule has 9 nitrogen and oxygen atoms in total. The number of hydrogen-bond acceptors (Lipinski definition) is 7. The molecule has 0 atom stereocenters. The van der Waals surface area contributed by atoms with Crippen LogP contribution in [0.3, 0.4) is 0 Å². The maximum atomic E-state index is 13.2. The van der Waals surface area contributed by atoms with Crippen LogP contribution in [0, 0.1) is 17.2 Å². The zero-order valence-electron chi connectivity index (χ0n) is 18.6. The summed E-state index contributed by atoms with van der Waals surface area (Å²) in [5.41, 5.74) is 3.67. The third-order valence-corrected chi connectivity index (χ3v) is 6.67. The lowest BCUT2D eigenvalue weighted by molar-refractivity contribution is 0.0210. The predicted octanol–water partition coefficient (Wildman–Crippen LogP) is 3.17. The van der Waals surface area contributed by atoms with Crippen LogP contribution >= 0.6 is 0 Å². The number of ether oxygens (including phenoxy) is 1. The molecule has 3 aromatic rings. The van der Waals surface area contributed by atoms with Crippen molar-refractivity contribution in [2.75, 3.05) is 18.5 Å². The van der Waals surface area contributed by atoms with Gasteiger partial charge in [-0.3, -0.25) is 9.78 Å². The van der Waals surface area contributed by atoms with E-state index in [4.69, 9.17) is 10.00 Å². The highest BCUT2D eigenvalue weighted by Gasteiger charge is 2.25. The van der Waals surface area contributed by atoms with E-state index in [9.17, 15) is 4.79 Å². The third kappa shape index (κ3) is 4.39. The first-order valence-electron chi connectivity index (χ1n) is 11.5. The molecule has 0 unspecified atom stereocenters. The molecule has 2 fully saturated rings. The minimum atomic E-state index is -0.103. The van der Waals surface area contributed by atoms with Crippen LogP contribution in [-0.2, 0) is 4.74 Å². The Balaban J connectivity index is 1.42. The van der Waals surface area contributed by atoms with Gasteiger partial charge in [0.1, 0.15) is 6.07 Å². The van der Waals surface area contributed by atoms with E-state index in [1.54, 1.807) is 23.1 Å². The first kappa shape index (κ1) is 21.3. The summed E-state index contributed by atoms with van der Waals surface area (Å²) in [6.45, 7) is 3.45. The van der Waals surface area contributed by atoms with E-state index in [1.165, 1.54) is 25.5 Å². The summed E-state index contributed by atoms with van der Waals surface area (Å²) < 4.78 is 6.87. The molecule has 2 aliphatic rings. The minimum Gasteiger partial charge on any atom is -0.377 e. The molecule has 9 heteroatoms. The molecule has 1 aliphatic carbocycles. The maximum Gasteiger partial charge on any atom is 0.255 e. The van der Waals surface area contributed by atoms with Gasteiger partial charge in [0.05, 0.1) is 59.7 Å². The quantitative estimate of drug-likeness (QED) is 0.598. The van der Waals surface area contributed by atoms with Crippen molar-refractivity contribution >= 4 is 17.2 Å². The van der Waals surface area contributed by atoms with Gasteiger partial charge in [0, 0.05) is 18.4 Å². The monoisotopic (exact) mass is 445 g/mol. The van der Waals surface area contributed by atoms with E-state index in [2.05, 4.69) is 38.7 Å². The molecule has 5 rings (SSSR count). The van der Waals surface area contributed by atoms with Gasteiger partial charge in [0.2, 0.25) is 0 Å². The number of hydrogen-bond donors (Lipinski definition) is 2. The van der Waals surface area contributed by atoms with Crippen molar-refractivity contribution in [3.8, 4) is 17.3 Å². The second kappa shape index (κ2) is 9.16. The highest BCUT2D eigenvalue weighted by molar-refractivity contribution is 6.00. The number of pyridine rings is 1. The predicted molar refractivity (Wildman–Crippen MR) is 123 cm³/mol. The molecule has 33 heavy (non-hydrogen) atoms. The van der Waals surface area contributed by atoms with Crippen LogP contribution in [-0.4, -0.2) is 50.8 Å². The van der Waals surface area contributed by atoms with Crippen LogP contribution in [0.4, 0.5) is 5.69 Å². The Morgan fingerprint density at radius 3 is 2.70 bits per heavy atom. The molecule has 3 aromatic heterocycles. The number of anilines is 1. The molecule has 1 saturated carbocycles. The first-order chi connectivity index (χ1) is 16.1. The van der Waals surface area contributed by atoms with Gasteiger partial charge in [0.25, 0.3) is 5.91 Å². The number of fused-ring (bicyclic) bond motifs is 1. The number of amides is 1. The van der Waals surface area contributed by atoms with Gasteiger partial charge in [-0.15, -0.1) is 0 Å². The largest absolute Gasteiger partial charge is 0.377 e. The van der Waals surface area contributed by atoms with Crippen molar-refractivity contribution in [2.45, 2.75) is 51.1 Å². The number of nitriles is 1. The molecule has 4 heterocycles. The third-order valence-electron chi connectivity index (χ3n) is 6.67. The van der Waals surface area contributed by atoms with Gasteiger partial charge in [-0.05, 0) is 37.7 Å². The van der Waals surface area contributed by atoms with E-state index in [-0.39, 0.29) is 18.0 Å². The van der Waals surface area contributed by atoms with Gasteiger partial charge in [-0.25, -0.2) is 9.50 Å². The summed E-state index contributed by atoms with van der Waals surface area (Å²) in [6, 6.07) is 4.30. The van der Waals surface area contributed by atoms with Crippen molar-refractivity contribution in [3.05, 3.63) is 42.0 Å². The average molecular weight is 446 g/mol. The highest BCUT2D eigenvalue weighted by Crippen LogP contribution is 2.29. The molecular formula is C24H27N7O2. The summed E-state index contributed by atoms with van der Waals surface area (Å²) in [7, 11) is 0. The average Bonchev–Trinajstić information content (AvgIpc) is 3.25. The van der Waals surface area contributed by atoms with Crippen LogP contribution in [0.2, 0.25) is 0 Å². The summed E-state index contributed by atoms with van der Waals surface area (Å²) in [5, 5.41) is 20.1. The summed E-state index contributed by atoms with van der Waals surface area (Å²) in [6.07, 6.45) is 12.0. The molecule has 1 saturated heterocycles. The normalized spacial score (nSPS) is 20.7. The van der Waals surface area contributed by atoms with Gasteiger partial charge >= 0.3 is 0 Å². The number of aromatic nitrogens is 4. The van der Waals surface area contributed by atoms with E-state index in [1.807, 2.05) is 6.07 Å². The number of carbonyl (C=O) groups is 1. The molecule has 0 radical (unpaired) electrons. The summed E-state index contributed by atoms with van der Waals surface area (Å²) >= 11 is 0. The molecule has 0 bridgehead atoms. The lowest BCUT2D eigenvalue weighted by Gasteiger charge is -2.30. The Morgan fingerprint density at radius 1 is 1.18 bits per heavy atom. The smallest absolute Gasteiger partial charge is 0.255 e. The Hall–Kier alpha value is -3.51. The summed E-state index contributed by atoms with van der Waals surface area (Å²) in [5.74, 6) is 0.673. The zero-order chi connectivity index (χ0) is 22.8. The fourth-order valence-electron chi connectivity index (χ4n) is 4.53. The number of nitrogens with zero attached hydrogens (tertiary/aromatic N) is 5. The lowest BCUT2D eigenvalue weighted by Crippen LogP contribution is -2.41. The SMILES string of the molecule is CC[C@H]1CC[C@H](NC(=O)c2cnc(-c3cnn4cc(C#N)cnc34)cc2NC2COC2)CC1. The van der Waals surface area contributed by atoms with Crippen LogP contribution in [0.25, 0.3) is 16.9 Å². The molecule has 170 valence electrons. The van der Waals surface area contributed by atoms with Crippen molar-refractivity contribution in [1.29, 1.82) is 5.26 Å². The van der Waals surface area contributed by atoms with Crippen molar-refractivity contribution in [3.63, 3.8) is 0 Å². The van der Waals surface area contributed by atoms with Gasteiger partial charge < -0.3 is 15.4 Å². The molecule has 1 aliphatic heterocycles. The highest BCUT2D eigenvalue weighted by atomic mass is 16.5. The zero-order valence-corrected chi connectivity index (χ0v) is 18.6. The van der Waals surface area contributed by atoms with Crippen LogP contribution in [0.1, 0.15) is 54.9 Å². The van der Waals surface area contributed by atoms with Crippen molar-refractivity contribution < 1.29 is 9.53 Å². The van der Waals surface area contributed by atoms with Crippen LogP contribution in [0.15, 0.2) is 30.9 Å². The van der Waals surface area contributed by atoms with Crippen LogP contribution < -0.4 is 10.6 Å². The number of carbonyl (C=O) groups excluding carboxylic acids is 1. The minimum absolute atomic E-state index is 0.103. The van der Waals surface area contributed by atoms with E-state index in [0.29, 0.717) is 35.7 Å². The van der Waals surface area contributed by atoms with E-state index in [0.717, 1.165) is 30.0 Å². The molecule has 1 amide bonds. The number of nitrogens with one attached hydrogen (secondary N) is 2. The Kier molecular flexibility index (Phi) is 5.92. The fraction of sp³-hybridized carbons (Fsp3) is 0.458. The van der Waals surface area contributed by atoms with Gasteiger partial charge in [0.15, 0.2) is 5.65 Å². The van der Waals surface area contributed by atoms with Gasteiger partial charge in [-0.2, -0.15) is 10.4 Å². The van der Waals surface area contributed by atoms with E-state index >= 15 is 0 Å². The molecule has 2 N–H and O–H groups in total. The second-order valence-corrected chi connectivity index (χ2v) is 8.87. The second-order valence-electron chi connectivity index (χ2n) is 8.87. The van der Waals surface area contributed by atoms with Crippen LogP contribution in [0.5, 0.6) is 0 Å². The van der Waals surface area contributed by atoms with Gasteiger partial charge in [-0.1, -0.05) is 13.3 Å². The topological polar surface area (TPSA) is 117 Å². The Bertz CT molecular complexity index is 1200.